The lowest BCUT2D eigenvalue weighted by Gasteiger charge is -2.27. The average molecular weight is 984 g/mol. The van der Waals surface area contributed by atoms with Gasteiger partial charge in [0.1, 0.15) is 36.3 Å². The Morgan fingerprint density at radius 1 is 0.761 bits per heavy atom. The van der Waals surface area contributed by atoms with Crippen molar-refractivity contribution in [1.82, 2.24) is 57.2 Å². The first-order valence-electron chi connectivity index (χ1n) is 23.6. The van der Waals surface area contributed by atoms with Crippen molar-refractivity contribution < 1.29 is 48.4 Å². The summed E-state index contributed by atoms with van der Waals surface area (Å²) in [7, 11) is 0. The molecule has 1 aliphatic rings. The fourth-order valence-electron chi connectivity index (χ4n) is 8.16. The second-order valence-electron chi connectivity index (χ2n) is 18.1. The van der Waals surface area contributed by atoms with Crippen LogP contribution in [0.2, 0.25) is 0 Å². The Morgan fingerprint density at radius 2 is 1.42 bits per heavy atom. The molecule has 0 saturated carbocycles. The molecule has 0 radical (unpaired) electrons. The summed E-state index contributed by atoms with van der Waals surface area (Å²) >= 11 is 0. The number of para-hydroxylation sites is 1. The van der Waals surface area contributed by atoms with E-state index in [4.69, 9.17) is 11.5 Å². The molecule has 23 heteroatoms. The van der Waals surface area contributed by atoms with Crippen LogP contribution in [0.15, 0.2) is 73.3 Å². The van der Waals surface area contributed by atoms with Gasteiger partial charge in [0.15, 0.2) is 0 Å². The first kappa shape index (κ1) is 54.3. The van der Waals surface area contributed by atoms with E-state index in [0.29, 0.717) is 24.1 Å². The zero-order valence-electron chi connectivity index (χ0n) is 40.0. The molecule has 0 bridgehead atoms. The normalized spacial score (nSPS) is 16.3. The van der Waals surface area contributed by atoms with Gasteiger partial charge in [-0.05, 0) is 68.6 Å². The van der Waals surface area contributed by atoms with E-state index < -0.39 is 102 Å². The van der Waals surface area contributed by atoms with Crippen molar-refractivity contribution in [3.05, 3.63) is 90.1 Å². The number of benzene rings is 2. The number of fused-ring (bicyclic) bond motifs is 1. The molecule has 1 aliphatic heterocycles. The molecule has 1 saturated heterocycles. The molecule has 382 valence electrons. The molecule has 9 amide bonds. The number of aromatic amines is 2. The molecule has 4 aromatic rings. The van der Waals surface area contributed by atoms with Crippen LogP contribution in [0.1, 0.15) is 76.1 Å². The van der Waals surface area contributed by atoms with Gasteiger partial charge in [0, 0.05) is 54.8 Å². The number of carbonyl (C=O) groups excluding carboxylic acids is 9. The van der Waals surface area contributed by atoms with Crippen molar-refractivity contribution in [2.24, 2.45) is 17.4 Å². The molecule has 0 aliphatic carbocycles. The van der Waals surface area contributed by atoms with Gasteiger partial charge < -0.3 is 58.2 Å². The third-order valence-electron chi connectivity index (χ3n) is 11.9. The van der Waals surface area contributed by atoms with Crippen molar-refractivity contribution >= 4 is 64.1 Å². The maximum atomic E-state index is 14.2. The predicted octanol–water partition coefficient (Wildman–Crippen LogP) is -0.996. The van der Waals surface area contributed by atoms with E-state index in [1.165, 1.54) is 24.3 Å². The van der Waals surface area contributed by atoms with Crippen LogP contribution in [0.5, 0.6) is 0 Å². The second-order valence-corrected chi connectivity index (χ2v) is 18.1. The Kier molecular flexibility index (Phi) is 20.1. The van der Waals surface area contributed by atoms with Crippen molar-refractivity contribution in [2.75, 3.05) is 13.1 Å². The Hall–Kier alpha value is -7.66. The Balaban J connectivity index is 1.26. The minimum Gasteiger partial charge on any atom is -0.370 e. The highest BCUT2D eigenvalue weighted by atomic mass is 16.5. The maximum absolute atomic E-state index is 14.2. The van der Waals surface area contributed by atoms with Crippen LogP contribution in [0.25, 0.3) is 10.9 Å². The molecule has 5 unspecified atom stereocenters. The van der Waals surface area contributed by atoms with E-state index in [9.17, 15) is 48.4 Å². The number of likely N-dealkylation sites (tertiary alicyclic amines) is 1. The number of hydrogen-bond acceptors (Lipinski definition) is 12. The first-order chi connectivity index (χ1) is 33.9. The van der Waals surface area contributed by atoms with Gasteiger partial charge in [-0.1, -0.05) is 62.4 Å². The second kappa shape index (κ2) is 26.4. The average Bonchev–Trinajstić information content (AvgIpc) is 3.98. The van der Waals surface area contributed by atoms with Gasteiger partial charge >= 0.3 is 0 Å². The number of imidazole rings is 1. The van der Waals surface area contributed by atoms with Crippen LogP contribution in [0.3, 0.4) is 0 Å². The summed E-state index contributed by atoms with van der Waals surface area (Å²) in [6.45, 7) is 4.73. The third-order valence-corrected chi connectivity index (χ3v) is 11.9. The molecule has 14 N–H and O–H groups in total. The van der Waals surface area contributed by atoms with Gasteiger partial charge in [-0.3, -0.25) is 48.4 Å². The van der Waals surface area contributed by atoms with Crippen molar-refractivity contribution in [2.45, 2.75) is 121 Å². The molecule has 7 atom stereocenters. The lowest BCUT2D eigenvalue weighted by atomic mass is 10.0. The highest BCUT2D eigenvalue weighted by Crippen LogP contribution is 2.20. The standard InChI is InChI=1S/C48H65N13O10/c1-27(2)19-37(47(69)60-71)58-46(68)39(22-31-24-51-26-53-31)55-41(63)25-61-18-10-9-15-36(48(61)70)57-42(64)28(3)54-45(67)38(21-30-23-52-34-14-8-7-13-32(30)34)59-44(66)35(16-17-40(50)62)56-43(65)33(49)20-29-11-5-4-6-12-29/h4-8,11-14,23-24,26-28,33,35-39,52,71H,9-10,15-22,25,49H2,1-3H3,(H2,50,62)(H,51,53)(H,54,67)(H,55,63)(H,56,65)(H,57,64)(H,58,68)(H,59,66)(H,60,69)/t28?,33-,35?,36?,37-,38?,39?/m1/s1. The number of carbonyl (C=O) groups is 9. The molecule has 3 heterocycles. The largest absolute Gasteiger partial charge is 0.370 e. The molecule has 1 fully saturated rings. The van der Waals surface area contributed by atoms with Gasteiger partial charge in [0.2, 0.25) is 47.3 Å². The number of hydrogen-bond donors (Lipinski definition) is 12. The van der Waals surface area contributed by atoms with Crippen LogP contribution in [-0.2, 0) is 62.4 Å². The van der Waals surface area contributed by atoms with Crippen LogP contribution in [-0.4, -0.2) is 134 Å². The number of nitrogens with two attached hydrogens (primary N) is 2. The number of primary amides is 1. The Labute approximate surface area is 410 Å². The summed E-state index contributed by atoms with van der Waals surface area (Å²) in [6.07, 6.45) is 5.48. The van der Waals surface area contributed by atoms with Crippen molar-refractivity contribution in [3.63, 3.8) is 0 Å². The monoisotopic (exact) mass is 983 g/mol. The van der Waals surface area contributed by atoms with Crippen molar-refractivity contribution in [3.8, 4) is 0 Å². The number of rotatable bonds is 25. The number of amides is 9. The van der Waals surface area contributed by atoms with Gasteiger partial charge in [0.25, 0.3) is 5.91 Å². The SMILES string of the molecule is CC(C)C[C@@H](NC(=O)C(Cc1cnc[nH]1)NC(=O)CN1CCCCC(NC(=O)C(C)NC(=O)C(Cc2c[nH]c3ccccc23)NC(=O)C(CCC(N)=O)NC(=O)[C@H](N)Cc2ccccc2)C1=O)C(=O)NO. The topological polar surface area (TPSA) is 358 Å². The van der Waals surface area contributed by atoms with Crippen LogP contribution < -0.4 is 48.8 Å². The molecule has 5 rings (SSSR count). The third kappa shape index (κ3) is 16.5. The molecule has 0 spiro atoms. The highest BCUT2D eigenvalue weighted by molar-refractivity contribution is 5.98. The summed E-state index contributed by atoms with van der Waals surface area (Å²) in [5, 5.41) is 25.9. The van der Waals surface area contributed by atoms with Crippen molar-refractivity contribution in [1.29, 1.82) is 0 Å². The Bertz CT molecular complexity index is 2480. The number of nitrogens with zero attached hydrogens (tertiary/aromatic N) is 2. The summed E-state index contributed by atoms with van der Waals surface area (Å²) in [4.78, 5) is 132. The molecule has 2 aromatic heterocycles. The predicted molar refractivity (Wildman–Crippen MR) is 258 cm³/mol. The summed E-state index contributed by atoms with van der Waals surface area (Å²) in [6, 6.07) is 7.89. The molecular formula is C48H65N13O10. The fraction of sp³-hybridized carbons (Fsp3) is 0.458. The van der Waals surface area contributed by atoms with Gasteiger partial charge in [-0.25, -0.2) is 10.5 Å². The zero-order chi connectivity index (χ0) is 51.6. The number of nitrogens with one attached hydrogen (secondary N) is 9. The van der Waals surface area contributed by atoms with Gasteiger partial charge in [-0.2, -0.15) is 0 Å². The fourth-order valence-corrected chi connectivity index (χ4v) is 8.16. The smallest absolute Gasteiger partial charge is 0.265 e. The van der Waals surface area contributed by atoms with E-state index in [0.717, 1.165) is 16.5 Å². The Morgan fingerprint density at radius 3 is 2.11 bits per heavy atom. The number of hydroxylamine groups is 1. The van der Waals surface area contributed by atoms with E-state index in [1.807, 2.05) is 44.2 Å². The molecule has 71 heavy (non-hydrogen) atoms. The van der Waals surface area contributed by atoms with Gasteiger partial charge in [-0.15, -0.1) is 0 Å². The van der Waals surface area contributed by atoms with Crippen LogP contribution >= 0.6 is 0 Å². The highest BCUT2D eigenvalue weighted by Gasteiger charge is 2.35. The maximum Gasteiger partial charge on any atom is 0.265 e. The molecule has 2 aromatic carbocycles. The van der Waals surface area contributed by atoms with Crippen LogP contribution in [0.4, 0.5) is 0 Å². The molecule has 23 nitrogen and oxygen atoms in total. The lowest BCUT2D eigenvalue weighted by Crippen LogP contribution is -2.59. The van der Waals surface area contributed by atoms with E-state index >= 15 is 0 Å². The quantitative estimate of drug-likeness (QED) is 0.0281. The summed E-state index contributed by atoms with van der Waals surface area (Å²) in [5.41, 5.74) is 15.9. The van der Waals surface area contributed by atoms with E-state index in [2.05, 4.69) is 46.9 Å². The lowest BCUT2D eigenvalue weighted by molar-refractivity contribution is -0.140. The minimum atomic E-state index is -1.33. The number of H-pyrrole nitrogens is 2. The number of aromatic nitrogens is 3. The zero-order valence-corrected chi connectivity index (χ0v) is 40.0. The van der Waals surface area contributed by atoms with Crippen LogP contribution in [0, 0.1) is 5.92 Å². The molecular weight excluding hydrogens is 919 g/mol. The van der Waals surface area contributed by atoms with E-state index in [-0.39, 0.29) is 57.4 Å². The first-order valence-corrected chi connectivity index (χ1v) is 23.6. The van der Waals surface area contributed by atoms with E-state index in [1.54, 1.807) is 35.9 Å². The summed E-state index contributed by atoms with van der Waals surface area (Å²) in [5.74, 6) is -6.60. The minimum absolute atomic E-state index is 0.0430. The summed E-state index contributed by atoms with van der Waals surface area (Å²) < 4.78 is 0. The van der Waals surface area contributed by atoms with Gasteiger partial charge in [0.05, 0.1) is 18.9 Å².